The lowest BCUT2D eigenvalue weighted by atomic mass is 10.2. The molecule has 1 N–H and O–H groups in total. The summed E-state index contributed by atoms with van der Waals surface area (Å²) in [5, 5.41) is 3.84. The first-order chi connectivity index (χ1) is 9.56. The molecule has 20 heavy (non-hydrogen) atoms. The molecule has 0 spiro atoms. The molecule has 0 aliphatic carbocycles. The molecule has 1 heterocycles. The van der Waals surface area contributed by atoms with E-state index in [2.05, 4.69) is 5.32 Å². The number of alkyl halides is 2. The van der Waals surface area contributed by atoms with E-state index < -0.39 is 5.76 Å². The topological polar surface area (TPSA) is 25.2 Å². The van der Waals surface area contributed by atoms with Crippen LogP contribution in [0.25, 0.3) is 0 Å². The van der Waals surface area contributed by atoms with Crippen LogP contribution in [0.2, 0.25) is 5.02 Å². The van der Waals surface area contributed by atoms with Gasteiger partial charge in [-0.3, -0.25) is 0 Å². The van der Waals surface area contributed by atoms with E-state index in [9.17, 15) is 8.78 Å². The van der Waals surface area contributed by atoms with Gasteiger partial charge in [0.2, 0.25) is 0 Å². The van der Waals surface area contributed by atoms with E-state index in [-0.39, 0.29) is 5.75 Å². The minimum atomic E-state index is -2.38. The molecular weight excluding hydrogens is 304 g/mol. The normalized spacial score (nSPS) is 11.1. The first kappa shape index (κ1) is 15.2. The number of nitrogens with one attached hydrogen (secondary N) is 1. The van der Waals surface area contributed by atoms with Crippen molar-refractivity contribution in [1.82, 2.24) is 0 Å². The van der Waals surface area contributed by atoms with E-state index in [4.69, 9.17) is 16.0 Å². The Morgan fingerprint density at radius 1 is 1.25 bits per heavy atom. The van der Waals surface area contributed by atoms with Crippen molar-refractivity contribution in [3.05, 3.63) is 52.4 Å². The fourth-order valence-electron chi connectivity index (χ4n) is 1.77. The second-order valence-corrected chi connectivity index (χ2v) is 5.61. The molecule has 0 aliphatic heterocycles. The van der Waals surface area contributed by atoms with Crippen LogP contribution in [0, 0.1) is 6.92 Å². The van der Waals surface area contributed by atoms with Crippen LogP contribution in [0.1, 0.15) is 17.1 Å². The second-order valence-electron chi connectivity index (χ2n) is 4.22. The maximum absolute atomic E-state index is 12.1. The average molecular weight is 318 g/mol. The van der Waals surface area contributed by atoms with Crippen molar-refractivity contribution in [2.24, 2.45) is 0 Å². The minimum Gasteiger partial charge on any atom is -0.463 e. The summed E-state index contributed by atoms with van der Waals surface area (Å²) in [4.78, 5) is 0. The summed E-state index contributed by atoms with van der Waals surface area (Å²) in [6.45, 7) is 2.42. The molecular formula is C14H14ClF2NOS. The van der Waals surface area contributed by atoms with Gasteiger partial charge in [0.05, 0.1) is 23.0 Å². The molecule has 0 bridgehead atoms. The summed E-state index contributed by atoms with van der Waals surface area (Å²) in [6, 6.07) is 9.15. The summed E-state index contributed by atoms with van der Waals surface area (Å²) < 4.78 is 29.6. The van der Waals surface area contributed by atoms with Gasteiger partial charge in [-0.05, 0) is 30.7 Å². The maximum Gasteiger partial charge on any atom is 0.284 e. The Balaban J connectivity index is 1.94. The van der Waals surface area contributed by atoms with Gasteiger partial charge in [0.1, 0.15) is 11.5 Å². The van der Waals surface area contributed by atoms with Crippen molar-refractivity contribution in [3.8, 4) is 0 Å². The molecule has 1 aromatic carbocycles. The summed E-state index contributed by atoms with van der Waals surface area (Å²) in [7, 11) is 0. The summed E-state index contributed by atoms with van der Waals surface area (Å²) in [6.07, 6.45) is 0. The van der Waals surface area contributed by atoms with Gasteiger partial charge in [-0.25, -0.2) is 0 Å². The smallest absolute Gasteiger partial charge is 0.284 e. The Bertz CT molecular complexity index is 554. The Morgan fingerprint density at radius 2 is 2.00 bits per heavy atom. The maximum atomic E-state index is 12.1. The van der Waals surface area contributed by atoms with Crippen LogP contribution in [0.4, 0.5) is 14.5 Å². The van der Waals surface area contributed by atoms with Crippen molar-refractivity contribution >= 4 is 29.1 Å². The van der Waals surface area contributed by atoms with Crippen LogP contribution in [0.3, 0.4) is 0 Å². The molecule has 2 nitrogen and oxygen atoms in total. The van der Waals surface area contributed by atoms with Crippen LogP contribution >= 0.6 is 23.4 Å². The number of thioether (sulfide) groups is 1. The Kier molecular flexibility index (Phi) is 5.31. The lowest BCUT2D eigenvalue weighted by Gasteiger charge is -2.09. The van der Waals surface area contributed by atoms with Crippen molar-refractivity contribution in [2.45, 2.75) is 25.0 Å². The molecule has 108 valence electrons. The van der Waals surface area contributed by atoms with Crippen LogP contribution in [-0.2, 0) is 12.3 Å². The highest BCUT2D eigenvalue weighted by atomic mass is 35.5. The predicted octanol–water partition coefficient (Wildman–Crippen LogP) is 5.31. The molecule has 6 heteroatoms. The van der Waals surface area contributed by atoms with Crippen molar-refractivity contribution in [2.75, 3.05) is 5.32 Å². The third-order valence-electron chi connectivity index (χ3n) is 2.73. The first-order valence-electron chi connectivity index (χ1n) is 6.02. The number of rotatable bonds is 6. The molecule has 1 aromatic heterocycles. The molecule has 2 aromatic rings. The van der Waals surface area contributed by atoms with Crippen molar-refractivity contribution in [3.63, 3.8) is 0 Å². The Labute approximate surface area is 125 Å². The summed E-state index contributed by atoms with van der Waals surface area (Å²) in [5.74, 6) is -0.979. The zero-order valence-corrected chi connectivity index (χ0v) is 12.4. The number of para-hydroxylation sites is 1. The van der Waals surface area contributed by atoms with Gasteiger partial charge < -0.3 is 9.73 Å². The average Bonchev–Trinajstić information content (AvgIpc) is 2.84. The van der Waals surface area contributed by atoms with Gasteiger partial charge in [-0.15, -0.1) is 0 Å². The Morgan fingerprint density at radius 3 is 2.70 bits per heavy atom. The third-order valence-corrected chi connectivity index (χ3v) is 3.75. The first-order valence-corrected chi connectivity index (χ1v) is 7.45. The highest BCUT2D eigenvalue weighted by Crippen LogP contribution is 2.26. The highest BCUT2D eigenvalue weighted by Gasteiger charge is 2.08. The van der Waals surface area contributed by atoms with Crippen LogP contribution in [-0.4, -0.2) is 5.76 Å². The van der Waals surface area contributed by atoms with Crippen LogP contribution in [0.15, 0.2) is 34.7 Å². The fourth-order valence-corrected chi connectivity index (χ4v) is 2.51. The van der Waals surface area contributed by atoms with Crippen LogP contribution < -0.4 is 5.32 Å². The lowest BCUT2D eigenvalue weighted by Crippen LogP contribution is -2.00. The van der Waals surface area contributed by atoms with E-state index in [1.807, 2.05) is 25.1 Å². The van der Waals surface area contributed by atoms with Gasteiger partial charge in [0.15, 0.2) is 0 Å². The highest BCUT2D eigenvalue weighted by molar-refractivity contribution is 7.98. The quantitative estimate of drug-likeness (QED) is 0.781. The zero-order valence-electron chi connectivity index (χ0n) is 10.8. The standard InChI is InChI=1S/C14H14ClF2NOS/c1-9-3-2-4-12(15)13(9)18-7-10-5-6-11(19-10)8-20-14(16)17/h2-6,14,18H,7-8H2,1H3. The monoisotopic (exact) mass is 317 g/mol. The van der Waals surface area contributed by atoms with E-state index >= 15 is 0 Å². The molecule has 0 aliphatic rings. The summed E-state index contributed by atoms with van der Waals surface area (Å²) in [5.41, 5.74) is 1.90. The van der Waals surface area contributed by atoms with Gasteiger partial charge >= 0.3 is 0 Å². The number of benzene rings is 1. The fraction of sp³-hybridized carbons (Fsp3) is 0.286. The minimum absolute atomic E-state index is 0.169. The molecule has 2 rings (SSSR count). The number of aryl methyl sites for hydroxylation is 1. The number of furan rings is 1. The second kappa shape index (κ2) is 6.99. The van der Waals surface area contributed by atoms with Crippen molar-refractivity contribution < 1.29 is 13.2 Å². The third kappa shape index (κ3) is 4.15. The number of hydrogen-bond acceptors (Lipinski definition) is 3. The molecule has 0 saturated carbocycles. The number of halogens is 3. The molecule has 0 atom stereocenters. The number of anilines is 1. The molecule has 0 saturated heterocycles. The van der Waals surface area contributed by atoms with E-state index in [1.54, 1.807) is 12.1 Å². The van der Waals surface area contributed by atoms with E-state index in [0.29, 0.717) is 34.8 Å². The van der Waals surface area contributed by atoms with E-state index in [0.717, 1.165) is 11.3 Å². The molecule has 0 fully saturated rings. The summed E-state index contributed by atoms with van der Waals surface area (Å²) >= 11 is 6.65. The van der Waals surface area contributed by atoms with Crippen molar-refractivity contribution in [1.29, 1.82) is 0 Å². The molecule has 0 amide bonds. The SMILES string of the molecule is Cc1cccc(Cl)c1NCc1ccc(CSC(F)F)o1. The predicted molar refractivity (Wildman–Crippen MR) is 79.5 cm³/mol. The van der Waals surface area contributed by atoms with Gasteiger partial charge in [0, 0.05) is 0 Å². The number of hydrogen-bond donors (Lipinski definition) is 1. The van der Waals surface area contributed by atoms with Crippen LogP contribution in [0.5, 0.6) is 0 Å². The molecule has 0 unspecified atom stereocenters. The van der Waals surface area contributed by atoms with Gasteiger partial charge in [-0.1, -0.05) is 35.5 Å². The molecule has 0 radical (unpaired) electrons. The lowest BCUT2D eigenvalue weighted by molar-refractivity contribution is 0.251. The zero-order chi connectivity index (χ0) is 14.5. The Hall–Kier alpha value is -1.20. The van der Waals surface area contributed by atoms with E-state index in [1.165, 1.54) is 0 Å². The largest absolute Gasteiger partial charge is 0.463 e. The van der Waals surface area contributed by atoms with Gasteiger partial charge in [0.25, 0.3) is 5.76 Å². The van der Waals surface area contributed by atoms with Gasteiger partial charge in [-0.2, -0.15) is 8.78 Å².